The van der Waals surface area contributed by atoms with Crippen LogP contribution in [0.5, 0.6) is 0 Å². The van der Waals surface area contributed by atoms with Gasteiger partial charge < -0.3 is 0 Å². The van der Waals surface area contributed by atoms with Crippen molar-refractivity contribution >= 4 is 0 Å². The average Bonchev–Trinajstić information content (AvgIpc) is 0.811. The molecule has 0 atom stereocenters. The van der Waals surface area contributed by atoms with Gasteiger partial charge in [0.2, 0.25) is 0 Å². The molecule has 29 valence electrons. The average molecular weight is 209 g/mol. The third-order valence-corrected chi connectivity index (χ3v) is 0. The molecule has 0 bridgehead atoms. The zero-order valence-electron chi connectivity index (χ0n) is 1.64. The number of hydrogen-bond donors (Lipinski definition) is 2. The van der Waals surface area contributed by atoms with Crippen LogP contribution in [0.1, 0.15) is 0 Å². The Bertz CT molecular complexity index is 26.3. The Morgan fingerprint density at radius 1 is 1.50 bits per heavy atom. The first kappa shape index (κ1) is 5.01. The van der Waals surface area contributed by atoms with Crippen molar-refractivity contribution in [3.05, 3.63) is 0 Å². The normalized spacial score (nSPS) is 11.0. The molecule has 2 N–H and O–H groups in total. The van der Waals surface area contributed by atoms with Crippen LogP contribution in [0.2, 0.25) is 0 Å². The van der Waals surface area contributed by atoms with Crippen LogP contribution in [0.15, 0.2) is 0 Å². The summed E-state index contributed by atoms with van der Waals surface area (Å²) in [6.07, 6.45) is 0. The van der Waals surface area contributed by atoms with Crippen LogP contribution in [0.4, 0.5) is 0 Å². The molecule has 0 rings (SSSR count). The number of hydrogen-bond acceptors (Lipinski definition) is 1. The molecule has 4 heavy (non-hydrogen) atoms. The Kier molecular flexibility index (Phi) is 2.82. The summed E-state index contributed by atoms with van der Waals surface area (Å²) in [6.45, 7) is 0. The molecule has 0 aliphatic heterocycles. The summed E-state index contributed by atoms with van der Waals surface area (Å²) in [7, 11) is 0. The summed E-state index contributed by atoms with van der Waals surface area (Å²) < 4.78 is 23.2. The summed E-state index contributed by atoms with van der Waals surface area (Å²) in [5, 5.41) is 0. The van der Waals surface area contributed by atoms with E-state index in [1.165, 1.54) is 0 Å². The first-order valence-corrected chi connectivity index (χ1v) is 3.22. The Hall–Kier alpha value is 1.01. The monoisotopic (exact) mass is 209 g/mol. The molecule has 0 aromatic heterocycles. The van der Waals surface area contributed by atoms with Gasteiger partial charge in [0.25, 0.3) is 0 Å². The van der Waals surface area contributed by atoms with Crippen molar-refractivity contribution < 1.29 is 38.6 Å². The van der Waals surface area contributed by atoms with Gasteiger partial charge in [0.1, 0.15) is 0 Å². The minimum absolute atomic E-state index is 3.58. The summed E-state index contributed by atoms with van der Waals surface area (Å²) in [5.41, 5.74) is 0. The van der Waals surface area contributed by atoms with E-state index in [0.717, 1.165) is 0 Å². The van der Waals surface area contributed by atoms with E-state index in [-0.39, 0.29) is 0 Å². The maximum absolute atomic E-state index is 8.81. The maximum atomic E-state index is 8.81. The molecule has 0 spiro atoms. The zero-order valence-corrected chi connectivity index (χ0v) is 3.77. The summed E-state index contributed by atoms with van der Waals surface area (Å²) >= 11 is -3.58. The predicted molar refractivity (Wildman–Crippen MR) is 5.12 cm³/mol. The van der Waals surface area contributed by atoms with Crippen molar-refractivity contribution in [2.24, 2.45) is 0 Å². The van der Waals surface area contributed by atoms with E-state index >= 15 is 0 Å². The Labute approximate surface area is 38.4 Å². The predicted octanol–water partition coefficient (Wildman–Crippen LogP) is -1.23. The number of rotatable bonds is 0. The van der Waals surface area contributed by atoms with Crippen molar-refractivity contribution in [3.63, 3.8) is 0 Å². The van der Waals surface area contributed by atoms with Crippen LogP contribution in [0, 0.1) is 33.9 Å². The van der Waals surface area contributed by atoms with Crippen LogP contribution in [-0.4, -0.2) is 3.41 Å². The van der Waals surface area contributed by atoms with Gasteiger partial charge >= 0.3 is 38.6 Å². The van der Waals surface area contributed by atoms with Crippen molar-refractivity contribution in [2.45, 2.75) is 0 Å². The standard InChI is InChI=1S/2H2O.O.Tb/h2*1H2;;/q;;;+2/p-2. The van der Waals surface area contributed by atoms with E-state index in [1.54, 1.807) is 0 Å². The van der Waals surface area contributed by atoms with E-state index in [2.05, 4.69) is 0 Å². The molecule has 0 saturated heterocycles. The van der Waals surface area contributed by atoms with Crippen molar-refractivity contribution in [2.75, 3.05) is 0 Å². The van der Waals surface area contributed by atoms with Gasteiger partial charge in [-0.05, 0) is 0 Å². The Morgan fingerprint density at radius 3 is 1.50 bits per heavy atom. The third kappa shape index (κ3) is 12.0. The quantitative estimate of drug-likeness (QED) is 0.525. The van der Waals surface area contributed by atoms with E-state index in [9.17, 15) is 0 Å². The van der Waals surface area contributed by atoms with Crippen molar-refractivity contribution in [3.8, 4) is 0 Å². The molecule has 0 aliphatic rings. The fraction of sp³-hybridized carbons (Fsp3) is 0. The van der Waals surface area contributed by atoms with Gasteiger partial charge in [0.15, 0.2) is 0 Å². The molecular weight excluding hydrogens is 207 g/mol. The van der Waals surface area contributed by atoms with E-state index in [0.29, 0.717) is 0 Å². The van der Waals surface area contributed by atoms with Gasteiger partial charge in [-0.25, -0.2) is 0 Å². The molecule has 3 nitrogen and oxygen atoms in total. The van der Waals surface area contributed by atoms with Gasteiger partial charge in [-0.2, -0.15) is 0 Å². The van der Waals surface area contributed by atoms with Crippen molar-refractivity contribution in [1.82, 2.24) is 0 Å². The first-order chi connectivity index (χ1) is 1.73. The molecule has 0 heterocycles. The topological polar surface area (TPSA) is 57.5 Å². The zero-order chi connectivity index (χ0) is 3.58. The van der Waals surface area contributed by atoms with Crippen LogP contribution < -0.4 is 0 Å². The molecule has 0 aromatic rings. The second kappa shape index (κ2) is 2.26. The van der Waals surface area contributed by atoms with E-state index in [1.807, 2.05) is 0 Å². The van der Waals surface area contributed by atoms with E-state index < -0.39 is 33.9 Å². The Balaban J connectivity index is 2.80. The van der Waals surface area contributed by atoms with Gasteiger partial charge in [0.05, 0.1) is 0 Å². The first-order valence-electron chi connectivity index (χ1n) is 0.434. The molecule has 0 aliphatic carbocycles. The molecule has 4 heteroatoms. The molecule has 0 amide bonds. The van der Waals surface area contributed by atoms with Gasteiger partial charge in [0, 0.05) is 0 Å². The third-order valence-electron chi connectivity index (χ3n) is 0. The molecule has 0 fully saturated rings. The second-order valence-corrected chi connectivity index (χ2v) is 1.40. The van der Waals surface area contributed by atoms with Crippen LogP contribution in [0.25, 0.3) is 0 Å². The van der Waals surface area contributed by atoms with Crippen LogP contribution in [0.3, 0.4) is 0 Å². The molecule has 0 aromatic carbocycles. The van der Waals surface area contributed by atoms with Gasteiger partial charge in [-0.15, -0.1) is 0 Å². The fourth-order valence-electron chi connectivity index (χ4n) is 0. The SMILES string of the molecule is [O]=[Tb]([OH])[OH]. The van der Waals surface area contributed by atoms with Crippen molar-refractivity contribution in [1.29, 1.82) is 0 Å². The van der Waals surface area contributed by atoms with Crippen LogP contribution in [-0.2, 0) is 1.33 Å². The van der Waals surface area contributed by atoms with Crippen LogP contribution >= 0.6 is 0 Å². The second-order valence-electron chi connectivity index (χ2n) is 0.188. The summed E-state index contributed by atoms with van der Waals surface area (Å²) in [5.74, 6) is 0. The molecule has 0 unspecified atom stereocenters. The molecule has 0 radical (unpaired) electrons. The summed E-state index contributed by atoms with van der Waals surface area (Å²) in [6, 6.07) is 0. The minimum atomic E-state index is -3.58. The van der Waals surface area contributed by atoms with E-state index in [4.69, 9.17) is 4.74 Å². The van der Waals surface area contributed by atoms with Gasteiger partial charge in [-0.1, -0.05) is 0 Å². The summed E-state index contributed by atoms with van der Waals surface area (Å²) in [4.78, 5) is 0. The fourth-order valence-corrected chi connectivity index (χ4v) is 0. The molecule has 0 saturated carbocycles. The van der Waals surface area contributed by atoms with Gasteiger partial charge in [-0.3, -0.25) is 0 Å². The molecular formula is H2O3Tb. The Morgan fingerprint density at radius 2 is 1.50 bits per heavy atom.